The summed E-state index contributed by atoms with van der Waals surface area (Å²) < 4.78 is 23.9. The van der Waals surface area contributed by atoms with Gasteiger partial charge in [0.25, 0.3) is 0 Å². The number of carbonyl (C=O) groups is 1. The lowest BCUT2D eigenvalue weighted by atomic mass is 10.0. The summed E-state index contributed by atoms with van der Waals surface area (Å²) in [5.74, 6) is -0.602. The van der Waals surface area contributed by atoms with Gasteiger partial charge in [-0.05, 0) is 24.0 Å². The van der Waals surface area contributed by atoms with Crippen molar-refractivity contribution < 1.29 is 13.2 Å². The summed E-state index contributed by atoms with van der Waals surface area (Å²) in [6, 6.07) is 8.12. The molecule has 1 aliphatic rings. The van der Waals surface area contributed by atoms with Crippen LogP contribution in [0.3, 0.4) is 0 Å². The first-order valence-corrected chi connectivity index (χ1v) is 10.1. The fourth-order valence-corrected chi connectivity index (χ4v) is 4.24. The molecule has 1 saturated heterocycles. The molecule has 0 spiro atoms. The first-order chi connectivity index (χ1) is 11.0. The smallest absolute Gasteiger partial charge is 0.238 e. The Morgan fingerprint density at radius 3 is 2.57 bits per heavy atom. The van der Waals surface area contributed by atoms with Crippen LogP contribution in [-0.2, 0) is 21.1 Å². The van der Waals surface area contributed by atoms with E-state index in [4.69, 9.17) is 0 Å². The minimum Gasteiger partial charge on any atom is -0.332 e. The Morgan fingerprint density at radius 2 is 1.96 bits per heavy atom. The van der Waals surface area contributed by atoms with E-state index >= 15 is 0 Å². The van der Waals surface area contributed by atoms with Crippen molar-refractivity contribution in [2.75, 3.05) is 31.1 Å². The Bertz CT molecular complexity index is 626. The van der Waals surface area contributed by atoms with E-state index in [1.54, 1.807) is 4.90 Å². The lowest BCUT2D eigenvalue weighted by Gasteiger charge is -2.36. The fourth-order valence-electron chi connectivity index (χ4n) is 2.93. The van der Waals surface area contributed by atoms with Gasteiger partial charge < -0.3 is 10.2 Å². The molecule has 5 nitrogen and oxygen atoms in total. The third-order valence-electron chi connectivity index (χ3n) is 4.19. The van der Waals surface area contributed by atoms with Crippen LogP contribution in [0.25, 0.3) is 0 Å². The monoisotopic (exact) mass is 338 g/mol. The second-order valence-electron chi connectivity index (χ2n) is 5.99. The quantitative estimate of drug-likeness (QED) is 0.854. The van der Waals surface area contributed by atoms with Gasteiger partial charge in [-0.2, -0.15) is 0 Å². The molecule has 1 fully saturated rings. The molecule has 1 heterocycles. The third kappa shape index (κ3) is 4.78. The number of amides is 1. The van der Waals surface area contributed by atoms with Crippen molar-refractivity contribution in [3.05, 3.63) is 35.4 Å². The fraction of sp³-hybridized carbons (Fsp3) is 0.588. The molecule has 1 amide bonds. The molecule has 1 N–H and O–H groups in total. The molecule has 128 valence electrons. The van der Waals surface area contributed by atoms with Gasteiger partial charge in [-0.15, -0.1) is 0 Å². The number of rotatable bonds is 6. The minimum atomic E-state index is -3.31. The Balaban J connectivity index is 2.15. The van der Waals surface area contributed by atoms with Crippen molar-refractivity contribution >= 4 is 15.7 Å². The number of aryl methyl sites for hydroxylation is 1. The van der Waals surface area contributed by atoms with Gasteiger partial charge in [0.2, 0.25) is 5.91 Å². The van der Waals surface area contributed by atoms with Crippen LogP contribution in [-0.4, -0.2) is 50.4 Å². The van der Waals surface area contributed by atoms with Gasteiger partial charge in [-0.1, -0.05) is 38.1 Å². The predicted octanol–water partition coefficient (Wildman–Crippen LogP) is 1.55. The molecule has 1 aromatic carbocycles. The molecule has 0 aromatic heterocycles. The van der Waals surface area contributed by atoms with Crippen molar-refractivity contribution in [1.29, 1.82) is 0 Å². The zero-order valence-electron chi connectivity index (χ0n) is 13.9. The van der Waals surface area contributed by atoms with Crippen molar-refractivity contribution in [2.24, 2.45) is 0 Å². The zero-order chi connectivity index (χ0) is 16.9. The number of benzene rings is 1. The van der Waals surface area contributed by atoms with Crippen LogP contribution >= 0.6 is 0 Å². The topological polar surface area (TPSA) is 66.5 Å². The van der Waals surface area contributed by atoms with Crippen LogP contribution in [0.2, 0.25) is 0 Å². The van der Waals surface area contributed by atoms with E-state index in [0.29, 0.717) is 26.1 Å². The van der Waals surface area contributed by atoms with Crippen LogP contribution in [0.1, 0.15) is 37.4 Å². The SMILES string of the molecule is CCCS(=O)(=O)CC(=O)N1CCNCC1c1ccc(CC)cc1. The standard InChI is InChI=1S/C17H26N2O3S/c1-3-11-23(21,22)13-17(20)19-10-9-18-12-16(19)15-7-5-14(4-2)6-8-15/h5-8,16,18H,3-4,9-13H2,1-2H3. The number of nitrogens with one attached hydrogen (secondary N) is 1. The van der Waals surface area contributed by atoms with E-state index in [1.165, 1.54) is 5.56 Å². The normalized spacial score (nSPS) is 18.9. The Hall–Kier alpha value is -1.40. The average Bonchev–Trinajstić information content (AvgIpc) is 2.54. The van der Waals surface area contributed by atoms with E-state index < -0.39 is 9.84 Å². The number of hydrogen-bond acceptors (Lipinski definition) is 4. The molecule has 2 rings (SSSR count). The first-order valence-electron chi connectivity index (χ1n) is 8.26. The summed E-state index contributed by atoms with van der Waals surface area (Å²) in [5, 5.41) is 3.29. The lowest BCUT2D eigenvalue weighted by Crippen LogP contribution is -2.50. The van der Waals surface area contributed by atoms with Crippen LogP contribution in [0.4, 0.5) is 0 Å². The van der Waals surface area contributed by atoms with Crippen molar-refractivity contribution in [1.82, 2.24) is 10.2 Å². The summed E-state index contributed by atoms with van der Waals surface area (Å²) in [6.45, 7) is 5.81. The molecular formula is C17H26N2O3S. The van der Waals surface area contributed by atoms with Gasteiger partial charge >= 0.3 is 0 Å². The number of nitrogens with zero attached hydrogens (tertiary/aromatic N) is 1. The number of sulfone groups is 1. The average molecular weight is 338 g/mol. The summed E-state index contributed by atoms with van der Waals surface area (Å²) >= 11 is 0. The number of carbonyl (C=O) groups excluding carboxylic acids is 1. The summed E-state index contributed by atoms with van der Waals surface area (Å²) in [4.78, 5) is 14.2. The highest BCUT2D eigenvalue weighted by Gasteiger charge is 2.30. The van der Waals surface area contributed by atoms with Crippen LogP contribution in [0.5, 0.6) is 0 Å². The summed E-state index contributed by atoms with van der Waals surface area (Å²) in [5.41, 5.74) is 2.30. The Kier molecular flexibility index (Phi) is 6.18. The molecule has 23 heavy (non-hydrogen) atoms. The molecule has 1 aliphatic heterocycles. The molecule has 6 heteroatoms. The van der Waals surface area contributed by atoms with Gasteiger partial charge in [0, 0.05) is 19.6 Å². The minimum absolute atomic E-state index is 0.0701. The summed E-state index contributed by atoms with van der Waals surface area (Å²) in [6.07, 6.45) is 1.51. The molecule has 1 aromatic rings. The van der Waals surface area contributed by atoms with Gasteiger partial charge in [0.05, 0.1) is 11.8 Å². The highest BCUT2D eigenvalue weighted by Crippen LogP contribution is 2.23. The third-order valence-corrected chi connectivity index (χ3v) is 5.91. The molecule has 0 bridgehead atoms. The van der Waals surface area contributed by atoms with Gasteiger partial charge in [-0.3, -0.25) is 4.79 Å². The molecule has 1 atom stereocenters. The van der Waals surface area contributed by atoms with E-state index in [2.05, 4.69) is 24.4 Å². The van der Waals surface area contributed by atoms with Gasteiger partial charge in [0.15, 0.2) is 9.84 Å². The van der Waals surface area contributed by atoms with Crippen molar-refractivity contribution in [3.63, 3.8) is 0 Å². The Morgan fingerprint density at radius 1 is 1.26 bits per heavy atom. The Labute approximate surface area is 139 Å². The molecule has 1 unspecified atom stereocenters. The highest BCUT2D eigenvalue weighted by atomic mass is 32.2. The van der Waals surface area contributed by atoms with Gasteiger partial charge in [-0.25, -0.2) is 8.42 Å². The maximum Gasteiger partial charge on any atom is 0.238 e. The molecular weight excluding hydrogens is 312 g/mol. The molecule has 0 aliphatic carbocycles. The van der Waals surface area contributed by atoms with Crippen LogP contribution in [0, 0.1) is 0 Å². The first kappa shape index (κ1) is 17.9. The van der Waals surface area contributed by atoms with Crippen LogP contribution in [0.15, 0.2) is 24.3 Å². The highest BCUT2D eigenvalue weighted by molar-refractivity contribution is 7.92. The van der Waals surface area contributed by atoms with Crippen molar-refractivity contribution in [2.45, 2.75) is 32.7 Å². The van der Waals surface area contributed by atoms with E-state index in [9.17, 15) is 13.2 Å². The van der Waals surface area contributed by atoms with Gasteiger partial charge in [0.1, 0.15) is 5.75 Å². The summed E-state index contributed by atoms with van der Waals surface area (Å²) in [7, 11) is -3.31. The molecule has 0 saturated carbocycles. The maximum atomic E-state index is 12.5. The van der Waals surface area contributed by atoms with E-state index in [1.807, 2.05) is 19.1 Å². The largest absolute Gasteiger partial charge is 0.332 e. The second kappa shape index (κ2) is 7.93. The van der Waals surface area contributed by atoms with E-state index in [0.717, 1.165) is 12.0 Å². The van der Waals surface area contributed by atoms with Crippen LogP contribution < -0.4 is 5.32 Å². The maximum absolute atomic E-state index is 12.5. The number of piperazine rings is 1. The van der Waals surface area contributed by atoms with Crippen molar-refractivity contribution in [3.8, 4) is 0 Å². The molecule has 0 radical (unpaired) electrons. The lowest BCUT2D eigenvalue weighted by molar-refractivity contribution is -0.131. The second-order valence-corrected chi connectivity index (χ2v) is 8.18. The van der Waals surface area contributed by atoms with E-state index in [-0.39, 0.29) is 23.5 Å². The number of hydrogen-bond donors (Lipinski definition) is 1. The zero-order valence-corrected chi connectivity index (χ0v) is 14.7. The predicted molar refractivity (Wildman–Crippen MR) is 92.1 cm³/mol.